The Bertz CT molecular complexity index is 925. The third-order valence-corrected chi connectivity index (χ3v) is 4.88. The third kappa shape index (κ3) is 5.38. The van der Waals surface area contributed by atoms with Crippen molar-refractivity contribution in [2.24, 2.45) is 5.10 Å². The Labute approximate surface area is 152 Å². The second-order valence-electron chi connectivity index (χ2n) is 5.88. The monoisotopic (exact) mass is 377 g/mol. The number of benzene rings is 2. The van der Waals surface area contributed by atoms with E-state index in [9.17, 15) is 17.6 Å². The number of nitrogens with one attached hydrogen (secondary N) is 1. The van der Waals surface area contributed by atoms with Crippen LogP contribution in [0, 0.1) is 19.7 Å². The summed E-state index contributed by atoms with van der Waals surface area (Å²) in [5.41, 5.74) is 5.23. The van der Waals surface area contributed by atoms with Gasteiger partial charge in [-0.25, -0.2) is 18.2 Å². The molecule has 0 heterocycles. The van der Waals surface area contributed by atoms with E-state index >= 15 is 0 Å². The van der Waals surface area contributed by atoms with Crippen LogP contribution >= 0.6 is 0 Å². The molecule has 2 aromatic rings. The van der Waals surface area contributed by atoms with Crippen molar-refractivity contribution in [3.63, 3.8) is 0 Å². The third-order valence-electron chi connectivity index (χ3n) is 3.74. The van der Waals surface area contributed by atoms with Gasteiger partial charge in [-0.05, 0) is 54.8 Å². The van der Waals surface area contributed by atoms with Gasteiger partial charge < -0.3 is 0 Å². The number of halogens is 1. The van der Waals surface area contributed by atoms with Crippen LogP contribution in [-0.2, 0) is 14.8 Å². The fourth-order valence-electron chi connectivity index (χ4n) is 2.17. The fraction of sp³-hybridized carbons (Fsp3) is 0.222. The summed E-state index contributed by atoms with van der Waals surface area (Å²) >= 11 is 0. The standard InChI is InChI=1S/C18H20FN3O3S/c1-13-4-9-17(10-14(13)2)22(26(3,24)25)12-18(23)21-20-11-15-5-7-16(19)8-6-15/h4-11H,12H2,1-3H3,(H,21,23)/b20-11-. The molecule has 138 valence electrons. The summed E-state index contributed by atoms with van der Waals surface area (Å²) in [6.07, 6.45) is 2.38. The van der Waals surface area contributed by atoms with Crippen LogP contribution in [0.5, 0.6) is 0 Å². The summed E-state index contributed by atoms with van der Waals surface area (Å²) in [4.78, 5) is 12.1. The van der Waals surface area contributed by atoms with Gasteiger partial charge in [-0.2, -0.15) is 5.10 Å². The van der Waals surface area contributed by atoms with Gasteiger partial charge in [0.2, 0.25) is 10.0 Å². The number of sulfonamides is 1. The van der Waals surface area contributed by atoms with Gasteiger partial charge in [0.1, 0.15) is 12.4 Å². The average Bonchev–Trinajstić information content (AvgIpc) is 2.56. The van der Waals surface area contributed by atoms with Gasteiger partial charge in [0.05, 0.1) is 18.2 Å². The van der Waals surface area contributed by atoms with Crippen molar-refractivity contribution in [2.45, 2.75) is 13.8 Å². The quantitative estimate of drug-likeness (QED) is 0.620. The average molecular weight is 377 g/mol. The first-order valence-electron chi connectivity index (χ1n) is 7.79. The minimum atomic E-state index is -3.65. The molecule has 0 radical (unpaired) electrons. The van der Waals surface area contributed by atoms with Gasteiger partial charge in [-0.15, -0.1) is 0 Å². The molecule has 0 atom stereocenters. The molecule has 2 aromatic carbocycles. The number of hydrazone groups is 1. The summed E-state index contributed by atoms with van der Waals surface area (Å²) in [5.74, 6) is -0.963. The summed E-state index contributed by atoms with van der Waals surface area (Å²) in [5, 5.41) is 3.76. The molecule has 2 rings (SSSR count). The van der Waals surface area contributed by atoms with E-state index in [0.29, 0.717) is 11.3 Å². The summed E-state index contributed by atoms with van der Waals surface area (Å²) in [6, 6.07) is 10.7. The molecule has 0 saturated carbocycles. The first-order chi connectivity index (χ1) is 12.2. The van der Waals surface area contributed by atoms with Gasteiger partial charge in [-0.3, -0.25) is 9.10 Å². The molecule has 6 nitrogen and oxygen atoms in total. The van der Waals surface area contributed by atoms with Crippen LogP contribution < -0.4 is 9.73 Å². The number of rotatable bonds is 6. The van der Waals surface area contributed by atoms with E-state index in [4.69, 9.17) is 0 Å². The lowest BCUT2D eigenvalue weighted by molar-refractivity contribution is -0.119. The molecule has 0 aliphatic heterocycles. The topological polar surface area (TPSA) is 78.8 Å². The highest BCUT2D eigenvalue weighted by Crippen LogP contribution is 2.20. The number of hydrogen-bond donors (Lipinski definition) is 1. The Morgan fingerprint density at radius 3 is 2.38 bits per heavy atom. The van der Waals surface area contributed by atoms with E-state index in [1.807, 2.05) is 13.8 Å². The van der Waals surface area contributed by atoms with Crippen molar-refractivity contribution >= 4 is 27.8 Å². The zero-order valence-corrected chi connectivity index (χ0v) is 15.5. The van der Waals surface area contributed by atoms with Crippen LogP contribution in [0.2, 0.25) is 0 Å². The van der Waals surface area contributed by atoms with Crippen LogP contribution in [0.15, 0.2) is 47.6 Å². The molecule has 0 saturated heterocycles. The number of amides is 1. The summed E-state index contributed by atoms with van der Waals surface area (Å²) in [7, 11) is -3.65. The number of carbonyl (C=O) groups excluding carboxylic acids is 1. The second-order valence-corrected chi connectivity index (χ2v) is 7.79. The van der Waals surface area contributed by atoms with Gasteiger partial charge >= 0.3 is 0 Å². The van der Waals surface area contributed by atoms with E-state index in [1.165, 1.54) is 30.5 Å². The molecular formula is C18H20FN3O3S. The zero-order valence-electron chi connectivity index (χ0n) is 14.7. The minimum Gasteiger partial charge on any atom is -0.271 e. The van der Waals surface area contributed by atoms with Gasteiger partial charge in [0, 0.05) is 0 Å². The largest absolute Gasteiger partial charge is 0.271 e. The zero-order chi connectivity index (χ0) is 19.3. The molecule has 8 heteroatoms. The molecule has 0 aromatic heterocycles. The highest BCUT2D eigenvalue weighted by molar-refractivity contribution is 7.92. The molecule has 0 aliphatic rings. The molecular weight excluding hydrogens is 357 g/mol. The highest BCUT2D eigenvalue weighted by atomic mass is 32.2. The van der Waals surface area contributed by atoms with Crippen molar-refractivity contribution in [2.75, 3.05) is 17.1 Å². The van der Waals surface area contributed by atoms with Crippen LogP contribution in [0.1, 0.15) is 16.7 Å². The Morgan fingerprint density at radius 2 is 1.81 bits per heavy atom. The second kappa shape index (κ2) is 8.09. The Kier molecular flexibility index (Phi) is 6.10. The van der Waals surface area contributed by atoms with Crippen LogP contribution in [0.25, 0.3) is 0 Å². The maximum absolute atomic E-state index is 12.8. The van der Waals surface area contributed by atoms with Gasteiger partial charge in [0.15, 0.2) is 0 Å². The Morgan fingerprint density at radius 1 is 1.15 bits per heavy atom. The van der Waals surface area contributed by atoms with E-state index in [2.05, 4.69) is 10.5 Å². The molecule has 0 unspecified atom stereocenters. The summed E-state index contributed by atoms with van der Waals surface area (Å²) < 4.78 is 38.0. The number of hydrogen-bond acceptors (Lipinski definition) is 4. The van der Waals surface area contributed by atoms with Crippen LogP contribution in [0.4, 0.5) is 10.1 Å². The first kappa shape index (κ1) is 19.6. The smallest absolute Gasteiger partial charge is 0.260 e. The lowest BCUT2D eigenvalue weighted by atomic mass is 10.1. The predicted molar refractivity (Wildman–Crippen MR) is 100 cm³/mol. The van der Waals surface area contributed by atoms with Crippen molar-refractivity contribution in [3.8, 4) is 0 Å². The minimum absolute atomic E-state index is 0.372. The number of aryl methyl sites for hydroxylation is 2. The van der Waals surface area contributed by atoms with Crippen molar-refractivity contribution in [1.29, 1.82) is 0 Å². The lowest BCUT2D eigenvalue weighted by Gasteiger charge is -2.22. The van der Waals surface area contributed by atoms with Crippen molar-refractivity contribution in [3.05, 3.63) is 65.0 Å². The van der Waals surface area contributed by atoms with Gasteiger partial charge in [-0.1, -0.05) is 18.2 Å². The SMILES string of the molecule is Cc1ccc(N(CC(=O)N/N=C\c2ccc(F)cc2)S(C)(=O)=O)cc1C. The highest BCUT2D eigenvalue weighted by Gasteiger charge is 2.21. The van der Waals surface area contributed by atoms with Crippen LogP contribution in [-0.4, -0.2) is 33.3 Å². The lowest BCUT2D eigenvalue weighted by Crippen LogP contribution is -2.39. The Hall–Kier alpha value is -2.74. The summed E-state index contributed by atoms with van der Waals surface area (Å²) in [6.45, 7) is 3.38. The van der Waals surface area contributed by atoms with Crippen LogP contribution in [0.3, 0.4) is 0 Å². The number of anilines is 1. The van der Waals surface area contributed by atoms with Crippen molar-refractivity contribution < 1.29 is 17.6 Å². The normalized spacial score (nSPS) is 11.5. The Balaban J connectivity index is 2.09. The number of nitrogens with zero attached hydrogens (tertiary/aromatic N) is 2. The molecule has 0 aliphatic carbocycles. The van der Waals surface area contributed by atoms with E-state index < -0.39 is 22.5 Å². The maximum atomic E-state index is 12.8. The fourth-order valence-corrected chi connectivity index (χ4v) is 3.02. The van der Waals surface area contributed by atoms with E-state index in [0.717, 1.165) is 21.7 Å². The van der Waals surface area contributed by atoms with Crippen molar-refractivity contribution in [1.82, 2.24) is 5.43 Å². The maximum Gasteiger partial charge on any atom is 0.260 e. The van der Waals surface area contributed by atoms with E-state index in [1.54, 1.807) is 18.2 Å². The number of carbonyl (C=O) groups is 1. The predicted octanol–water partition coefficient (Wildman–Crippen LogP) is 2.36. The molecule has 26 heavy (non-hydrogen) atoms. The molecule has 1 N–H and O–H groups in total. The first-order valence-corrected chi connectivity index (χ1v) is 9.64. The molecule has 0 fully saturated rings. The molecule has 0 spiro atoms. The van der Waals surface area contributed by atoms with Gasteiger partial charge in [0.25, 0.3) is 5.91 Å². The van der Waals surface area contributed by atoms with E-state index in [-0.39, 0.29) is 5.82 Å². The molecule has 0 bridgehead atoms. The molecule has 1 amide bonds.